The van der Waals surface area contributed by atoms with Crippen molar-refractivity contribution in [2.24, 2.45) is 5.10 Å². The maximum Gasteiger partial charge on any atom is 0.353 e. The number of benzene rings is 2. The molecule has 0 aliphatic carbocycles. The predicted molar refractivity (Wildman–Crippen MR) is 96.5 cm³/mol. The van der Waals surface area contributed by atoms with Crippen molar-refractivity contribution in [2.45, 2.75) is 6.92 Å². The van der Waals surface area contributed by atoms with Gasteiger partial charge in [-0.15, -0.1) is 5.43 Å². The zero-order valence-corrected chi connectivity index (χ0v) is 13.8. The molecule has 2 aromatic carbocycles. The van der Waals surface area contributed by atoms with Crippen LogP contribution in [0.3, 0.4) is 0 Å². The maximum atomic E-state index is 12.2. The Bertz CT molecular complexity index is 897. The van der Waals surface area contributed by atoms with Gasteiger partial charge in [0.1, 0.15) is 12.0 Å². The first kappa shape index (κ1) is 16.4. The van der Waals surface area contributed by atoms with Crippen molar-refractivity contribution in [1.82, 2.24) is 5.43 Å². The number of carbonyl (C=O) groups is 1. The lowest BCUT2D eigenvalue weighted by molar-refractivity contribution is -0.308. The molecule has 2 N–H and O–H groups in total. The topological polar surface area (TPSA) is 68.6 Å². The Labute approximate surface area is 145 Å². The summed E-state index contributed by atoms with van der Waals surface area (Å²) in [7, 11) is 0. The van der Waals surface area contributed by atoms with E-state index in [1.807, 2.05) is 67.6 Å². The molecule has 3 aromatic rings. The Hall–Kier alpha value is -3.47. The van der Waals surface area contributed by atoms with Gasteiger partial charge in [-0.3, -0.25) is 4.79 Å². The second-order valence-corrected chi connectivity index (χ2v) is 5.37. The lowest BCUT2D eigenvalue weighted by Gasteiger charge is -1.97. The fourth-order valence-corrected chi connectivity index (χ4v) is 2.21. The second-order valence-electron chi connectivity index (χ2n) is 5.37. The Morgan fingerprint density at radius 2 is 1.60 bits per heavy atom. The smallest absolute Gasteiger partial charge is 0.353 e. The van der Waals surface area contributed by atoms with Crippen LogP contribution in [-0.4, -0.2) is 18.0 Å². The van der Waals surface area contributed by atoms with Crippen molar-refractivity contribution in [2.75, 3.05) is 0 Å². The van der Waals surface area contributed by atoms with Gasteiger partial charge in [0.05, 0.1) is 10.7 Å². The number of furan rings is 1. The van der Waals surface area contributed by atoms with Crippen molar-refractivity contribution in [3.63, 3.8) is 0 Å². The van der Waals surface area contributed by atoms with Gasteiger partial charge in [0.2, 0.25) is 0 Å². The number of amidine groups is 1. The van der Waals surface area contributed by atoms with Crippen LogP contribution < -0.4 is 10.4 Å². The maximum absolute atomic E-state index is 12.2. The fraction of sp³-hybridized carbons (Fsp3) is 0.0500. The molecule has 0 radical (unpaired) electrons. The fourth-order valence-electron chi connectivity index (χ4n) is 2.21. The summed E-state index contributed by atoms with van der Waals surface area (Å²) in [4.78, 5) is 15.3. The van der Waals surface area contributed by atoms with Crippen LogP contribution in [0.2, 0.25) is 0 Å². The molecule has 1 aromatic heterocycles. The quantitative estimate of drug-likeness (QED) is 0.435. The third kappa shape index (κ3) is 4.51. The summed E-state index contributed by atoms with van der Waals surface area (Å²) in [6.07, 6.45) is 1.70. The van der Waals surface area contributed by atoms with E-state index >= 15 is 0 Å². The summed E-state index contributed by atoms with van der Waals surface area (Å²) in [5.41, 5.74) is 3.96. The molecular formula is C20H18N3O2+. The molecule has 0 spiro atoms. The first-order chi connectivity index (χ1) is 12.2. The molecule has 0 fully saturated rings. The van der Waals surface area contributed by atoms with E-state index in [9.17, 15) is 4.79 Å². The third-order valence-corrected chi connectivity index (χ3v) is 3.46. The molecule has 1 heterocycles. The normalized spacial score (nSPS) is 11.6. The minimum Gasteiger partial charge on any atom is -0.458 e. The van der Waals surface area contributed by atoms with Gasteiger partial charge < -0.3 is 4.42 Å². The number of rotatable bonds is 4. The second kappa shape index (κ2) is 7.88. The van der Waals surface area contributed by atoms with E-state index in [1.165, 1.54) is 0 Å². The number of hydrogen-bond acceptors (Lipinski definition) is 3. The first-order valence-electron chi connectivity index (χ1n) is 7.87. The van der Waals surface area contributed by atoms with E-state index in [1.54, 1.807) is 18.3 Å². The Balaban J connectivity index is 1.83. The molecule has 0 aliphatic heterocycles. The Morgan fingerprint density at radius 3 is 2.20 bits per heavy atom. The van der Waals surface area contributed by atoms with Crippen molar-refractivity contribution in [3.8, 4) is 0 Å². The summed E-state index contributed by atoms with van der Waals surface area (Å²) in [5, 5.41) is 4.23. The van der Waals surface area contributed by atoms with Crippen molar-refractivity contribution < 1.29 is 14.2 Å². The van der Waals surface area contributed by atoms with Crippen molar-refractivity contribution in [3.05, 3.63) is 95.4 Å². The number of nitrogens with one attached hydrogen (secondary N) is 2. The summed E-state index contributed by atoms with van der Waals surface area (Å²) in [6.45, 7) is 1.88. The van der Waals surface area contributed by atoms with Crippen LogP contribution in [0.5, 0.6) is 0 Å². The minimum absolute atomic E-state index is 0.273. The summed E-state index contributed by atoms with van der Waals surface area (Å²) in [6, 6.07) is 22.2. The van der Waals surface area contributed by atoms with E-state index in [4.69, 9.17) is 4.42 Å². The highest BCUT2D eigenvalue weighted by Gasteiger charge is 2.13. The van der Waals surface area contributed by atoms with Gasteiger partial charge >= 0.3 is 5.84 Å². The van der Waals surface area contributed by atoms with Crippen LogP contribution >= 0.6 is 0 Å². The molecule has 3 rings (SSSR count). The SMILES string of the molecule is Cc1ccc(C=[NH+]/C(=N/NC(=O)c2ccccc2)c2ccccc2)o1. The van der Waals surface area contributed by atoms with Gasteiger partial charge in [-0.2, -0.15) is 0 Å². The van der Waals surface area contributed by atoms with Crippen molar-refractivity contribution >= 4 is 18.0 Å². The third-order valence-electron chi connectivity index (χ3n) is 3.46. The van der Waals surface area contributed by atoms with E-state index in [0.717, 1.165) is 11.3 Å². The summed E-state index contributed by atoms with van der Waals surface area (Å²) < 4.78 is 5.50. The average Bonchev–Trinajstić information content (AvgIpc) is 3.08. The first-order valence-corrected chi connectivity index (χ1v) is 7.87. The van der Waals surface area contributed by atoms with E-state index < -0.39 is 0 Å². The number of carbonyl (C=O) groups excluding carboxylic acids is 1. The lowest BCUT2D eigenvalue weighted by Crippen LogP contribution is -2.74. The van der Waals surface area contributed by atoms with Gasteiger partial charge in [0.15, 0.2) is 5.76 Å². The molecule has 5 nitrogen and oxygen atoms in total. The summed E-state index contributed by atoms with van der Waals surface area (Å²) >= 11 is 0. The molecule has 0 bridgehead atoms. The molecule has 0 saturated heterocycles. The van der Waals surface area contributed by atoms with Crippen LogP contribution in [0.4, 0.5) is 0 Å². The van der Waals surface area contributed by atoms with Crippen molar-refractivity contribution in [1.29, 1.82) is 0 Å². The standard InChI is InChI=1S/C20H17N3O2/c1-15-12-13-18(25-15)14-21-19(16-8-4-2-5-9-16)22-23-20(24)17-10-6-3-7-11-17/h2-14H,1H3,(H,23,24)/p+1/b21-14?,22-19+. The van der Waals surface area contributed by atoms with Gasteiger partial charge in [-0.05, 0) is 43.3 Å². The Kier molecular flexibility index (Phi) is 5.16. The van der Waals surface area contributed by atoms with Gasteiger partial charge in [0.25, 0.3) is 5.91 Å². The number of hydrazone groups is 1. The van der Waals surface area contributed by atoms with Crippen LogP contribution in [0.25, 0.3) is 0 Å². The molecule has 0 saturated carbocycles. The van der Waals surface area contributed by atoms with Gasteiger partial charge in [0, 0.05) is 5.56 Å². The largest absolute Gasteiger partial charge is 0.458 e. The predicted octanol–water partition coefficient (Wildman–Crippen LogP) is 1.88. The van der Waals surface area contributed by atoms with Gasteiger partial charge in [-0.1, -0.05) is 36.4 Å². The highest BCUT2D eigenvalue weighted by Crippen LogP contribution is 2.02. The molecule has 124 valence electrons. The van der Waals surface area contributed by atoms with E-state index in [2.05, 4.69) is 15.5 Å². The zero-order chi connectivity index (χ0) is 17.5. The molecule has 0 aliphatic rings. The van der Waals surface area contributed by atoms with Crippen LogP contribution in [-0.2, 0) is 0 Å². The van der Waals surface area contributed by atoms with Crippen LogP contribution in [0, 0.1) is 6.92 Å². The number of amides is 1. The van der Waals surface area contributed by atoms with E-state index in [-0.39, 0.29) is 5.91 Å². The number of hydrogen-bond donors (Lipinski definition) is 2. The zero-order valence-electron chi connectivity index (χ0n) is 13.8. The number of nitrogens with zero attached hydrogens (tertiary/aromatic N) is 1. The van der Waals surface area contributed by atoms with Crippen LogP contribution in [0.1, 0.15) is 27.4 Å². The van der Waals surface area contributed by atoms with Crippen LogP contribution in [0.15, 0.2) is 82.3 Å². The van der Waals surface area contributed by atoms with E-state index in [0.29, 0.717) is 17.2 Å². The molecular weight excluding hydrogens is 314 g/mol. The highest BCUT2D eigenvalue weighted by molar-refractivity contribution is 5.97. The highest BCUT2D eigenvalue weighted by atomic mass is 16.3. The monoisotopic (exact) mass is 332 g/mol. The van der Waals surface area contributed by atoms with Gasteiger partial charge in [-0.25, -0.2) is 4.99 Å². The average molecular weight is 332 g/mol. The molecule has 5 heteroatoms. The Morgan fingerprint density at radius 1 is 0.960 bits per heavy atom. The minimum atomic E-state index is -0.273. The molecule has 1 amide bonds. The molecule has 25 heavy (non-hydrogen) atoms. The molecule has 0 atom stereocenters. The summed E-state index contributed by atoms with van der Waals surface area (Å²) in [5.74, 6) is 1.74. The number of aryl methyl sites for hydroxylation is 1. The molecule has 0 unspecified atom stereocenters. The lowest BCUT2D eigenvalue weighted by atomic mass is 10.2.